The lowest BCUT2D eigenvalue weighted by atomic mass is 10.2. The van der Waals surface area contributed by atoms with E-state index < -0.39 is 11.9 Å². The van der Waals surface area contributed by atoms with Crippen molar-refractivity contribution in [2.75, 3.05) is 11.9 Å². The maximum atomic E-state index is 11.8. The number of aromatic carboxylic acids is 1. The van der Waals surface area contributed by atoms with E-state index in [9.17, 15) is 9.59 Å². The predicted molar refractivity (Wildman–Crippen MR) is 84.0 cm³/mol. The van der Waals surface area contributed by atoms with Gasteiger partial charge in [-0.2, -0.15) is 0 Å². The molecule has 0 bridgehead atoms. The quantitative estimate of drug-likeness (QED) is 0.870. The van der Waals surface area contributed by atoms with Crippen molar-refractivity contribution in [1.82, 2.24) is 0 Å². The van der Waals surface area contributed by atoms with Gasteiger partial charge in [-0.15, -0.1) is 0 Å². The van der Waals surface area contributed by atoms with Gasteiger partial charge in [0.1, 0.15) is 11.3 Å². The Kier molecular flexibility index (Phi) is 5.25. The standard InChI is InChI=1S/C15H11Cl2NO4/c16-9-1-4-11(5-2-9)18-14(19)8-22-13-6-3-10(17)7-12(13)15(20)21/h1-7H,8H2,(H,18,19)(H,20,21). The molecular weight excluding hydrogens is 329 g/mol. The third-order valence-corrected chi connectivity index (χ3v) is 3.15. The first-order valence-corrected chi connectivity index (χ1v) is 6.92. The SMILES string of the molecule is O=C(COc1ccc(Cl)cc1C(=O)O)Nc1ccc(Cl)cc1. The van der Waals surface area contributed by atoms with Crippen LogP contribution in [0, 0.1) is 0 Å². The monoisotopic (exact) mass is 339 g/mol. The second-order valence-corrected chi connectivity index (χ2v) is 5.16. The summed E-state index contributed by atoms with van der Waals surface area (Å²) >= 11 is 11.5. The fraction of sp³-hybridized carbons (Fsp3) is 0.0667. The van der Waals surface area contributed by atoms with Crippen molar-refractivity contribution in [3.05, 3.63) is 58.1 Å². The summed E-state index contributed by atoms with van der Waals surface area (Å²) in [6.45, 7) is -0.329. The topological polar surface area (TPSA) is 75.6 Å². The zero-order valence-electron chi connectivity index (χ0n) is 11.2. The van der Waals surface area contributed by atoms with Gasteiger partial charge < -0.3 is 15.2 Å². The van der Waals surface area contributed by atoms with Crippen molar-refractivity contribution >= 4 is 40.8 Å². The van der Waals surface area contributed by atoms with Gasteiger partial charge in [-0.25, -0.2) is 4.79 Å². The van der Waals surface area contributed by atoms with Crippen molar-refractivity contribution in [3.63, 3.8) is 0 Å². The van der Waals surface area contributed by atoms with Gasteiger partial charge >= 0.3 is 5.97 Å². The number of rotatable bonds is 5. The number of carboxylic acid groups (broad SMARTS) is 1. The van der Waals surface area contributed by atoms with E-state index in [4.69, 9.17) is 33.0 Å². The Morgan fingerprint density at radius 2 is 1.68 bits per heavy atom. The fourth-order valence-electron chi connectivity index (χ4n) is 1.67. The van der Waals surface area contributed by atoms with Crippen molar-refractivity contribution in [3.8, 4) is 5.75 Å². The second-order valence-electron chi connectivity index (χ2n) is 4.29. The molecule has 0 unspecified atom stereocenters. The summed E-state index contributed by atoms with van der Waals surface area (Å²) in [4.78, 5) is 22.9. The highest BCUT2D eigenvalue weighted by Crippen LogP contribution is 2.23. The van der Waals surface area contributed by atoms with Gasteiger partial charge in [0.25, 0.3) is 5.91 Å². The van der Waals surface area contributed by atoms with E-state index in [0.717, 1.165) is 0 Å². The molecule has 7 heteroatoms. The van der Waals surface area contributed by atoms with Crippen molar-refractivity contribution in [2.24, 2.45) is 0 Å². The number of anilines is 1. The average molecular weight is 340 g/mol. The Morgan fingerprint density at radius 1 is 1.05 bits per heavy atom. The highest BCUT2D eigenvalue weighted by molar-refractivity contribution is 6.31. The summed E-state index contributed by atoms with van der Waals surface area (Å²) in [5, 5.41) is 12.5. The predicted octanol–water partition coefficient (Wildman–Crippen LogP) is 3.71. The average Bonchev–Trinajstić information content (AvgIpc) is 2.48. The molecule has 0 spiro atoms. The number of nitrogens with one attached hydrogen (secondary N) is 1. The normalized spacial score (nSPS) is 10.1. The molecule has 0 aliphatic rings. The van der Waals surface area contributed by atoms with E-state index in [1.54, 1.807) is 24.3 Å². The highest BCUT2D eigenvalue weighted by atomic mass is 35.5. The zero-order valence-corrected chi connectivity index (χ0v) is 12.7. The number of carbonyl (C=O) groups is 2. The fourth-order valence-corrected chi connectivity index (χ4v) is 1.97. The van der Waals surface area contributed by atoms with E-state index in [-0.39, 0.29) is 22.9 Å². The van der Waals surface area contributed by atoms with Crippen LogP contribution in [-0.4, -0.2) is 23.6 Å². The van der Waals surface area contributed by atoms with E-state index in [0.29, 0.717) is 10.7 Å². The van der Waals surface area contributed by atoms with Crippen LogP contribution in [0.5, 0.6) is 5.75 Å². The van der Waals surface area contributed by atoms with E-state index in [1.165, 1.54) is 18.2 Å². The number of carboxylic acids is 1. The number of hydrogen-bond acceptors (Lipinski definition) is 3. The summed E-state index contributed by atoms with van der Waals surface area (Å²) in [5.74, 6) is -1.53. The molecule has 0 saturated heterocycles. The molecule has 2 aromatic carbocycles. The molecule has 114 valence electrons. The summed E-state index contributed by atoms with van der Waals surface area (Å²) in [6.07, 6.45) is 0. The number of ether oxygens (including phenoxy) is 1. The van der Waals surface area contributed by atoms with E-state index in [1.807, 2.05) is 0 Å². The number of hydrogen-bond donors (Lipinski definition) is 2. The first-order chi connectivity index (χ1) is 10.5. The number of benzene rings is 2. The summed E-state index contributed by atoms with van der Waals surface area (Å²) in [7, 11) is 0. The molecule has 2 aromatic rings. The van der Waals surface area contributed by atoms with Gasteiger partial charge in [-0.3, -0.25) is 4.79 Å². The minimum absolute atomic E-state index is 0.0724. The molecule has 5 nitrogen and oxygen atoms in total. The van der Waals surface area contributed by atoms with Crippen LogP contribution in [0.15, 0.2) is 42.5 Å². The first kappa shape index (κ1) is 16.1. The number of carbonyl (C=O) groups excluding carboxylic acids is 1. The highest BCUT2D eigenvalue weighted by Gasteiger charge is 2.13. The Balaban J connectivity index is 1.99. The molecule has 0 atom stereocenters. The lowest BCUT2D eigenvalue weighted by Gasteiger charge is -2.10. The zero-order chi connectivity index (χ0) is 16.1. The largest absolute Gasteiger partial charge is 0.483 e. The van der Waals surface area contributed by atoms with Crippen molar-refractivity contribution < 1.29 is 19.4 Å². The van der Waals surface area contributed by atoms with Gasteiger partial charge in [-0.1, -0.05) is 23.2 Å². The number of amides is 1. The van der Waals surface area contributed by atoms with Crippen LogP contribution in [0.2, 0.25) is 10.0 Å². The van der Waals surface area contributed by atoms with Crippen LogP contribution in [0.3, 0.4) is 0 Å². The molecule has 0 aromatic heterocycles. The minimum Gasteiger partial charge on any atom is -0.483 e. The molecule has 2 rings (SSSR count). The molecule has 0 heterocycles. The Hall–Kier alpha value is -2.24. The summed E-state index contributed by atoms with van der Waals surface area (Å²) < 4.78 is 5.23. The first-order valence-electron chi connectivity index (χ1n) is 6.17. The Labute approximate surface area is 136 Å². The van der Waals surface area contributed by atoms with Crippen LogP contribution in [-0.2, 0) is 4.79 Å². The molecule has 1 amide bonds. The maximum absolute atomic E-state index is 11.8. The molecule has 0 aliphatic carbocycles. The Morgan fingerprint density at radius 3 is 2.32 bits per heavy atom. The van der Waals surface area contributed by atoms with Gasteiger partial charge in [0.05, 0.1) is 0 Å². The maximum Gasteiger partial charge on any atom is 0.339 e. The van der Waals surface area contributed by atoms with Gasteiger partial charge in [0.2, 0.25) is 0 Å². The lowest BCUT2D eigenvalue weighted by molar-refractivity contribution is -0.118. The van der Waals surface area contributed by atoms with Crippen LogP contribution in [0.1, 0.15) is 10.4 Å². The molecule has 0 saturated carbocycles. The minimum atomic E-state index is -1.18. The van der Waals surface area contributed by atoms with E-state index >= 15 is 0 Å². The number of halogens is 2. The molecular formula is C15H11Cl2NO4. The molecule has 2 N–H and O–H groups in total. The summed E-state index contributed by atoms with van der Waals surface area (Å²) in [5.41, 5.74) is 0.458. The van der Waals surface area contributed by atoms with Crippen LogP contribution < -0.4 is 10.1 Å². The summed E-state index contributed by atoms with van der Waals surface area (Å²) in [6, 6.07) is 10.7. The van der Waals surface area contributed by atoms with Gasteiger partial charge in [0, 0.05) is 15.7 Å². The van der Waals surface area contributed by atoms with Gasteiger partial charge in [0.15, 0.2) is 6.61 Å². The molecule has 0 aliphatic heterocycles. The van der Waals surface area contributed by atoms with Crippen LogP contribution >= 0.6 is 23.2 Å². The molecule has 0 radical (unpaired) electrons. The third kappa shape index (κ3) is 4.38. The molecule has 22 heavy (non-hydrogen) atoms. The van der Waals surface area contributed by atoms with E-state index in [2.05, 4.69) is 5.32 Å². The van der Waals surface area contributed by atoms with Crippen LogP contribution in [0.4, 0.5) is 5.69 Å². The van der Waals surface area contributed by atoms with Crippen molar-refractivity contribution in [1.29, 1.82) is 0 Å². The Bertz CT molecular complexity index is 701. The van der Waals surface area contributed by atoms with Crippen molar-refractivity contribution in [2.45, 2.75) is 0 Å². The van der Waals surface area contributed by atoms with Crippen LogP contribution in [0.25, 0.3) is 0 Å². The molecule has 0 fully saturated rings. The second kappa shape index (κ2) is 7.15. The smallest absolute Gasteiger partial charge is 0.339 e. The lowest BCUT2D eigenvalue weighted by Crippen LogP contribution is -2.20. The van der Waals surface area contributed by atoms with Gasteiger partial charge in [-0.05, 0) is 42.5 Å². The third-order valence-electron chi connectivity index (χ3n) is 2.66.